The number of aryl methyl sites for hydroxylation is 2. The highest BCUT2D eigenvalue weighted by Crippen LogP contribution is 2.25. The molecule has 0 saturated carbocycles. The van der Waals surface area contributed by atoms with Crippen LogP contribution in [0.4, 0.5) is 0 Å². The van der Waals surface area contributed by atoms with Crippen molar-refractivity contribution in [3.63, 3.8) is 0 Å². The van der Waals surface area contributed by atoms with Crippen molar-refractivity contribution >= 4 is 22.9 Å². The molecule has 0 aliphatic heterocycles. The van der Waals surface area contributed by atoms with Crippen molar-refractivity contribution in [2.45, 2.75) is 70.1 Å². The number of rotatable bonds is 1. The van der Waals surface area contributed by atoms with Crippen LogP contribution >= 0.6 is 22.9 Å². The maximum atomic E-state index is 5.89. The summed E-state index contributed by atoms with van der Waals surface area (Å²) in [5, 5.41) is 1.12. The van der Waals surface area contributed by atoms with Crippen molar-refractivity contribution in [1.82, 2.24) is 4.98 Å². The molecule has 0 N–H and O–H groups in total. The Balaban J connectivity index is 2.01. The summed E-state index contributed by atoms with van der Waals surface area (Å²) in [6.45, 7) is 0. The molecule has 0 saturated heterocycles. The lowest BCUT2D eigenvalue weighted by Gasteiger charge is -2.06. The number of alkyl halides is 1. The van der Waals surface area contributed by atoms with E-state index < -0.39 is 0 Å². The van der Waals surface area contributed by atoms with Gasteiger partial charge in [-0.1, -0.05) is 38.5 Å². The maximum absolute atomic E-state index is 5.89. The molecule has 1 nitrogen and oxygen atoms in total. The first-order valence-corrected chi connectivity index (χ1v) is 8.28. The highest BCUT2D eigenvalue weighted by atomic mass is 35.5. The first-order chi connectivity index (χ1) is 8.40. The van der Waals surface area contributed by atoms with Gasteiger partial charge in [0.2, 0.25) is 0 Å². The zero-order valence-corrected chi connectivity index (χ0v) is 12.1. The second-order valence-electron chi connectivity index (χ2n) is 4.94. The van der Waals surface area contributed by atoms with Crippen LogP contribution in [0.5, 0.6) is 0 Å². The molecule has 0 aromatic carbocycles. The molecule has 0 radical (unpaired) electrons. The molecule has 0 amide bonds. The van der Waals surface area contributed by atoms with E-state index >= 15 is 0 Å². The van der Waals surface area contributed by atoms with Crippen molar-refractivity contribution in [2.75, 3.05) is 0 Å². The first-order valence-electron chi connectivity index (χ1n) is 6.93. The number of nitrogens with zero attached hydrogens (tertiary/aromatic N) is 1. The Bertz CT molecular complexity index is 305. The van der Waals surface area contributed by atoms with E-state index in [1.807, 2.05) is 11.3 Å². The van der Waals surface area contributed by atoms with Gasteiger partial charge in [0, 0.05) is 4.88 Å². The lowest BCUT2D eigenvalue weighted by atomic mass is 10.0. The second-order valence-corrected chi connectivity index (χ2v) is 6.37. The molecule has 1 aliphatic rings. The van der Waals surface area contributed by atoms with Crippen LogP contribution in [0.25, 0.3) is 0 Å². The smallest absolute Gasteiger partial charge is 0.108 e. The lowest BCUT2D eigenvalue weighted by Crippen LogP contribution is -1.94. The summed E-state index contributed by atoms with van der Waals surface area (Å²) in [7, 11) is 0. The highest BCUT2D eigenvalue weighted by Gasteiger charge is 2.10. The molecule has 0 bridgehead atoms. The average molecular weight is 272 g/mol. The topological polar surface area (TPSA) is 12.9 Å². The predicted molar refractivity (Wildman–Crippen MR) is 76.0 cm³/mol. The van der Waals surface area contributed by atoms with Crippen molar-refractivity contribution in [2.24, 2.45) is 0 Å². The fourth-order valence-electron chi connectivity index (χ4n) is 2.52. The van der Waals surface area contributed by atoms with Gasteiger partial charge < -0.3 is 0 Å². The molecule has 3 heteroatoms. The third-order valence-corrected chi connectivity index (χ3v) is 5.07. The molecule has 0 spiro atoms. The van der Waals surface area contributed by atoms with Gasteiger partial charge in [-0.3, -0.25) is 0 Å². The van der Waals surface area contributed by atoms with Gasteiger partial charge in [0.15, 0.2) is 0 Å². The van der Waals surface area contributed by atoms with Crippen LogP contribution in [0.2, 0.25) is 0 Å². The Morgan fingerprint density at radius 3 is 2.12 bits per heavy atom. The van der Waals surface area contributed by atoms with Gasteiger partial charge in [-0.25, -0.2) is 4.98 Å². The van der Waals surface area contributed by atoms with E-state index in [1.165, 1.54) is 74.8 Å². The number of fused-ring (bicyclic) bond motifs is 1. The molecule has 1 heterocycles. The third-order valence-electron chi connectivity index (χ3n) is 3.50. The minimum Gasteiger partial charge on any atom is -0.245 e. The number of thiazole rings is 1. The summed E-state index contributed by atoms with van der Waals surface area (Å²) in [6.07, 6.45) is 13.5. The summed E-state index contributed by atoms with van der Waals surface area (Å²) >= 11 is 7.74. The largest absolute Gasteiger partial charge is 0.245 e. The van der Waals surface area contributed by atoms with Crippen LogP contribution in [0.3, 0.4) is 0 Å². The van der Waals surface area contributed by atoms with E-state index in [2.05, 4.69) is 4.98 Å². The number of hydrogen-bond acceptors (Lipinski definition) is 2. The van der Waals surface area contributed by atoms with E-state index in [9.17, 15) is 0 Å². The molecule has 2 rings (SSSR count). The fourth-order valence-corrected chi connectivity index (χ4v) is 3.75. The van der Waals surface area contributed by atoms with E-state index in [0.717, 1.165) is 5.01 Å². The van der Waals surface area contributed by atoms with E-state index in [0.29, 0.717) is 5.88 Å². The number of aromatic nitrogens is 1. The van der Waals surface area contributed by atoms with Gasteiger partial charge in [0.1, 0.15) is 5.01 Å². The zero-order chi connectivity index (χ0) is 11.9. The van der Waals surface area contributed by atoms with E-state index in [-0.39, 0.29) is 0 Å². The predicted octanol–water partition coefficient (Wildman–Crippen LogP) is 5.10. The summed E-state index contributed by atoms with van der Waals surface area (Å²) < 4.78 is 0. The molecule has 1 aromatic rings. The summed E-state index contributed by atoms with van der Waals surface area (Å²) in [5.41, 5.74) is 1.35. The van der Waals surface area contributed by atoms with Gasteiger partial charge in [-0.2, -0.15) is 0 Å². The van der Waals surface area contributed by atoms with E-state index in [1.54, 1.807) is 0 Å². The van der Waals surface area contributed by atoms with Crippen molar-refractivity contribution < 1.29 is 0 Å². The second kappa shape index (κ2) is 7.38. The van der Waals surface area contributed by atoms with E-state index in [4.69, 9.17) is 11.6 Å². The quantitative estimate of drug-likeness (QED) is 0.648. The number of halogens is 1. The summed E-state index contributed by atoms with van der Waals surface area (Å²) in [6, 6.07) is 0. The fraction of sp³-hybridized carbons (Fsp3) is 0.786. The van der Waals surface area contributed by atoms with Crippen molar-refractivity contribution in [3.05, 3.63) is 15.6 Å². The molecule has 17 heavy (non-hydrogen) atoms. The van der Waals surface area contributed by atoms with Gasteiger partial charge in [0.25, 0.3) is 0 Å². The molecule has 1 aliphatic carbocycles. The molecular formula is C14H22ClNS. The van der Waals surface area contributed by atoms with Gasteiger partial charge in [-0.05, 0) is 25.7 Å². The normalized spacial score (nSPS) is 19.1. The van der Waals surface area contributed by atoms with Crippen molar-refractivity contribution in [3.8, 4) is 0 Å². The van der Waals surface area contributed by atoms with Crippen LogP contribution < -0.4 is 0 Å². The molecule has 0 fully saturated rings. The molecule has 0 atom stereocenters. The summed E-state index contributed by atoms with van der Waals surface area (Å²) in [4.78, 5) is 6.20. The minimum atomic E-state index is 0.581. The maximum Gasteiger partial charge on any atom is 0.108 e. The molecule has 0 unspecified atom stereocenters. The first kappa shape index (κ1) is 13.4. The van der Waals surface area contributed by atoms with Crippen LogP contribution in [0, 0.1) is 0 Å². The average Bonchev–Trinajstić information content (AvgIpc) is 2.72. The zero-order valence-electron chi connectivity index (χ0n) is 10.5. The highest BCUT2D eigenvalue weighted by molar-refractivity contribution is 7.11. The third kappa shape index (κ3) is 4.26. The van der Waals surface area contributed by atoms with Crippen molar-refractivity contribution in [1.29, 1.82) is 0 Å². The Kier molecular flexibility index (Phi) is 5.79. The Hall–Kier alpha value is -0.0800. The SMILES string of the molecule is ClCc1nc2c(s1)CCCCCCCCCC2. The Morgan fingerprint density at radius 2 is 1.47 bits per heavy atom. The van der Waals surface area contributed by atoms with Crippen LogP contribution in [0.15, 0.2) is 0 Å². The Labute approximate surface area is 114 Å². The van der Waals surface area contributed by atoms with Crippen LogP contribution in [-0.4, -0.2) is 4.98 Å². The monoisotopic (exact) mass is 271 g/mol. The Morgan fingerprint density at radius 1 is 0.882 bits per heavy atom. The van der Waals surface area contributed by atoms with Crippen LogP contribution in [0.1, 0.15) is 66.9 Å². The molecule has 1 aromatic heterocycles. The van der Waals surface area contributed by atoms with Gasteiger partial charge >= 0.3 is 0 Å². The number of hydrogen-bond donors (Lipinski definition) is 0. The minimum absolute atomic E-state index is 0.581. The molecule has 96 valence electrons. The van der Waals surface area contributed by atoms with Gasteiger partial charge in [0.05, 0.1) is 11.6 Å². The lowest BCUT2D eigenvalue weighted by molar-refractivity contribution is 0.559. The summed E-state index contributed by atoms with van der Waals surface area (Å²) in [5.74, 6) is 0.581. The standard InChI is InChI=1S/C14H22ClNS/c15-11-14-16-12-9-7-5-3-1-2-4-6-8-10-13(12)17-14/h1-11H2. The van der Waals surface area contributed by atoms with Gasteiger partial charge in [-0.15, -0.1) is 22.9 Å². The van der Waals surface area contributed by atoms with Crippen LogP contribution in [-0.2, 0) is 18.7 Å². The molecular weight excluding hydrogens is 250 g/mol.